The maximum atomic E-state index is 5.72. The van der Waals surface area contributed by atoms with Crippen LogP contribution in [0.25, 0.3) is 0 Å². The first-order valence-corrected chi connectivity index (χ1v) is 8.23. The molecule has 0 fully saturated rings. The van der Waals surface area contributed by atoms with Crippen LogP contribution in [0.3, 0.4) is 0 Å². The number of rotatable bonds is 7. The Hall–Kier alpha value is -1.02. The molecule has 1 aromatic rings. The second-order valence-corrected chi connectivity index (χ2v) is 6.08. The standard InChI is InChI=1S/C18H29NO/c1-4-10-19-17(12-14(3)5-2)15-8-9-18-16(13-15)7-6-11-20-18/h8-9,13-14,17,19H,4-7,10-12H2,1-3H3. The Bertz CT molecular complexity index is 416. The van der Waals surface area contributed by atoms with Crippen LogP contribution in [-0.4, -0.2) is 13.2 Å². The number of ether oxygens (including phenoxy) is 1. The van der Waals surface area contributed by atoms with Crippen LogP contribution in [0.1, 0.15) is 63.6 Å². The van der Waals surface area contributed by atoms with E-state index in [0.717, 1.165) is 37.7 Å². The molecule has 112 valence electrons. The molecule has 2 unspecified atom stereocenters. The summed E-state index contributed by atoms with van der Waals surface area (Å²) in [4.78, 5) is 0. The number of hydrogen-bond donors (Lipinski definition) is 1. The van der Waals surface area contributed by atoms with Crippen LogP contribution in [0, 0.1) is 5.92 Å². The quantitative estimate of drug-likeness (QED) is 0.791. The van der Waals surface area contributed by atoms with Crippen LogP contribution < -0.4 is 10.1 Å². The highest BCUT2D eigenvalue weighted by Gasteiger charge is 2.17. The lowest BCUT2D eigenvalue weighted by Gasteiger charge is -2.24. The van der Waals surface area contributed by atoms with Gasteiger partial charge in [0.15, 0.2) is 0 Å². The summed E-state index contributed by atoms with van der Waals surface area (Å²) >= 11 is 0. The first-order chi connectivity index (χ1) is 9.74. The van der Waals surface area contributed by atoms with E-state index in [9.17, 15) is 0 Å². The van der Waals surface area contributed by atoms with Gasteiger partial charge in [0.05, 0.1) is 6.61 Å². The van der Waals surface area contributed by atoms with E-state index in [1.807, 2.05) is 0 Å². The number of nitrogens with one attached hydrogen (secondary N) is 1. The van der Waals surface area contributed by atoms with Crippen molar-refractivity contribution in [3.05, 3.63) is 29.3 Å². The van der Waals surface area contributed by atoms with Gasteiger partial charge in [-0.2, -0.15) is 0 Å². The zero-order valence-electron chi connectivity index (χ0n) is 13.2. The van der Waals surface area contributed by atoms with Gasteiger partial charge in [0.2, 0.25) is 0 Å². The normalized spacial score (nSPS) is 17.1. The van der Waals surface area contributed by atoms with Gasteiger partial charge in [-0.05, 0) is 55.3 Å². The van der Waals surface area contributed by atoms with Crippen LogP contribution in [0.15, 0.2) is 18.2 Å². The summed E-state index contributed by atoms with van der Waals surface area (Å²) in [7, 11) is 0. The fraction of sp³-hybridized carbons (Fsp3) is 0.667. The van der Waals surface area contributed by atoms with Crippen LogP contribution in [-0.2, 0) is 6.42 Å². The lowest BCUT2D eigenvalue weighted by molar-refractivity contribution is 0.288. The largest absolute Gasteiger partial charge is 0.493 e. The molecule has 2 nitrogen and oxygen atoms in total. The Morgan fingerprint density at radius 1 is 1.30 bits per heavy atom. The Balaban J connectivity index is 2.14. The molecule has 1 aliphatic rings. The third-order valence-electron chi connectivity index (χ3n) is 4.31. The first kappa shape index (κ1) is 15.4. The van der Waals surface area contributed by atoms with E-state index in [-0.39, 0.29) is 0 Å². The second kappa shape index (κ2) is 7.68. The van der Waals surface area contributed by atoms with Crippen molar-refractivity contribution in [2.75, 3.05) is 13.2 Å². The van der Waals surface area contributed by atoms with Crippen molar-refractivity contribution in [3.63, 3.8) is 0 Å². The average Bonchev–Trinajstić information content (AvgIpc) is 2.50. The Labute approximate surface area is 123 Å². The van der Waals surface area contributed by atoms with Crippen LogP contribution in [0.4, 0.5) is 0 Å². The third-order valence-corrected chi connectivity index (χ3v) is 4.31. The summed E-state index contributed by atoms with van der Waals surface area (Å²) in [6, 6.07) is 7.27. The third kappa shape index (κ3) is 3.99. The molecule has 1 aromatic carbocycles. The van der Waals surface area contributed by atoms with Gasteiger partial charge in [0.25, 0.3) is 0 Å². The Morgan fingerprint density at radius 2 is 2.15 bits per heavy atom. The number of hydrogen-bond acceptors (Lipinski definition) is 2. The molecule has 2 atom stereocenters. The van der Waals surface area contributed by atoms with E-state index in [1.54, 1.807) is 0 Å². The molecule has 2 heteroatoms. The number of fused-ring (bicyclic) bond motifs is 1. The summed E-state index contributed by atoms with van der Waals surface area (Å²) in [5.41, 5.74) is 2.82. The SMILES string of the molecule is CCCNC(CC(C)CC)c1ccc2c(c1)CCCO2. The summed E-state index contributed by atoms with van der Waals surface area (Å²) in [6.45, 7) is 8.82. The smallest absolute Gasteiger partial charge is 0.122 e. The minimum Gasteiger partial charge on any atom is -0.493 e. The van der Waals surface area contributed by atoms with Crippen LogP contribution in [0.5, 0.6) is 5.75 Å². The van der Waals surface area contributed by atoms with Gasteiger partial charge in [0.1, 0.15) is 5.75 Å². The van der Waals surface area contributed by atoms with Gasteiger partial charge >= 0.3 is 0 Å². The van der Waals surface area contributed by atoms with Gasteiger partial charge in [0, 0.05) is 6.04 Å². The van der Waals surface area contributed by atoms with Gasteiger partial charge < -0.3 is 10.1 Å². The molecular formula is C18H29NO. The summed E-state index contributed by atoms with van der Waals surface area (Å²) < 4.78 is 5.72. The lowest BCUT2D eigenvalue weighted by atomic mass is 9.92. The molecular weight excluding hydrogens is 246 g/mol. The molecule has 0 radical (unpaired) electrons. The van der Waals surface area contributed by atoms with Crippen molar-refractivity contribution < 1.29 is 4.74 Å². The molecule has 0 aromatic heterocycles. The Kier molecular flexibility index (Phi) is 5.90. The average molecular weight is 275 g/mol. The monoisotopic (exact) mass is 275 g/mol. The fourth-order valence-corrected chi connectivity index (χ4v) is 2.82. The van der Waals surface area contributed by atoms with E-state index >= 15 is 0 Å². The van der Waals surface area contributed by atoms with E-state index in [2.05, 4.69) is 44.3 Å². The van der Waals surface area contributed by atoms with Crippen molar-refractivity contribution in [1.82, 2.24) is 5.32 Å². The van der Waals surface area contributed by atoms with Gasteiger partial charge in [-0.25, -0.2) is 0 Å². The lowest BCUT2D eigenvalue weighted by Crippen LogP contribution is -2.24. The van der Waals surface area contributed by atoms with Gasteiger partial charge in [-0.1, -0.05) is 39.3 Å². The molecule has 0 saturated carbocycles. The summed E-state index contributed by atoms with van der Waals surface area (Å²) in [5, 5.41) is 3.72. The maximum Gasteiger partial charge on any atom is 0.122 e. The van der Waals surface area contributed by atoms with Crippen molar-refractivity contribution >= 4 is 0 Å². The highest BCUT2D eigenvalue weighted by atomic mass is 16.5. The molecule has 1 aliphatic heterocycles. The van der Waals surface area contributed by atoms with Crippen molar-refractivity contribution in [2.24, 2.45) is 5.92 Å². The molecule has 0 amide bonds. The topological polar surface area (TPSA) is 21.3 Å². The molecule has 0 aliphatic carbocycles. The molecule has 20 heavy (non-hydrogen) atoms. The molecule has 1 N–H and O–H groups in total. The van der Waals surface area contributed by atoms with E-state index < -0.39 is 0 Å². The van der Waals surface area contributed by atoms with E-state index in [1.165, 1.54) is 30.4 Å². The van der Waals surface area contributed by atoms with Gasteiger partial charge in [-0.15, -0.1) is 0 Å². The van der Waals surface area contributed by atoms with Crippen molar-refractivity contribution in [1.29, 1.82) is 0 Å². The van der Waals surface area contributed by atoms with E-state index in [0.29, 0.717) is 6.04 Å². The summed E-state index contributed by atoms with van der Waals surface area (Å²) in [5.74, 6) is 1.86. The maximum absolute atomic E-state index is 5.72. The molecule has 0 saturated heterocycles. The van der Waals surface area contributed by atoms with Gasteiger partial charge in [-0.3, -0.25) is 0 Å². The minimum absolute atomic E-state index is 0.483. The molecule has 0 bridgehead atoms. The van der Waals surface area contributed by atoms with E-state index in [4.69, 9.17) is 4.74 Å². The zero-order valence-corrected chi connectivity index (χ0v) is 13.2. The fourth-order valence-electron chi connectivity index (χ4n) is 2.82. The molecule has 1 heterocycles. The van der Waals surface area contributed by atoms with Crippen LogP contribution in [0.2, 0.25) is 0 Å². The predicted octanol–water partition coefficient (Wildman–Crippen LogP) is 4.49. The number of aryl methyl sites for hydroxylation is 1. The molecule has 0 spiro atoms. The molecule has 2 rings (SSSR count). The summed E-state index contributed by atoms with van der Waals surface area (Å²) in [6.07, 6.45) is 5.96. The highest BCUT2D eigenvalue weighted by Crippen LogP contribution is 2.30. The predicted molar refractivity (Wildman–Crippen MR) is 85.4 cm³/mol. The second-order valence-electron chi connectivity index (χ2n) is 6.08. The number of benzene rings is 1. The highest BCUT2D eigenvalue weighted by molar-refractivity contribution is 5.39. The minimum atomic E-state index is 0.483. The zero-order chi connectivity index (χ0) is 14.4. The van der Waals surface area contributed by atoms with Crippen molar-refractivity contribution in [3.8, 4) is 5.75 Å². The van der Waals surface area contributed by atoms with Crippen molar-refractivity contribution in [2.45, 2.75) is 58.9 Å². The van der Waals surface area contributed by atoms with Crippen LogP contribution >= 0.6 is 0 Å². The Morgan fingerprint density at radius 3 is 2.90 bits per heavy atom. The first-order valence-electron chi connectivity index (χ1n) is 8.23.